The van der Waals surface area contributed by atoms with E-state index >= 15 is 0 Å². The first kappa shape index (κ1) is 14.0. The van der Waals surface area contributed by atoms with Gasteiger partial charge in [0.15, 0.2) is 0 Å². The topological polar surface area (TPSA) is 20.2 Å². The smallest absolute Gasteiger partial charge is 0.129 e. The number of aliphatic hydroxyl groups excluding tert-OH is 1. The minimum absolute atomic E-state index is 0.209. The van der Waals surface area contributed by atoms with Crippen LogP contribution >= 0.6 is 11.6 Å². The molecule has 2 aromatic rings. The molecule has 2 rings (SSSR count). The Morgan fingerprint density at radius 2 is 2.00 bits per heavy atom. The predicted octanol–water partition coefficient (Wildman–Crippen LogP) is 4.51. The van der Waals surface area contributed by atoms with E-state index in [9.17, 15) is 9.50 Å². The van der Waals surface area contributed by atoms with Gasteiger partial charge in [0.25, 0.3) is 0 Å². The Labute approximate surface area is 117 Å². The monoisotopic (exact) mass is 278 g/mol. The highest BCUT2D eigenvalue weighted by atomic mass is 35.5. The minimum atomic E-state index is -0.990. The van der Waals surface area contributed by atoms with Crippen molar-refractivity contribution < 1.29 is 9.50 Å². The third-order valence-electron chi connectivity index (χ3n) is 3.06. The van der Waals surface area contributed by atoms with Crippen LogP contribution in [-0.2, 0) is 6.42 Å². The van der Waals surface area contributed by atoms with Crippen LogP contribution in [0.25, 0.3) is 0 Å². The molecule has 0 spiro atoms. The molecule has 0 bridgehead atoms. The quantitative estimate of drug-likeness (QED) is 0.872. The predicted molar refractivity (Wildman–Crippen MR) is 75.9 cm³/mol. The van der Waals surface area contributed by atoms with E-state index in [1.165, 1.54) is 18.2 Å². The summed E-state index contributed by atoms with van der Waals surface area (Å²) in [6.07, 6.45) is 0.986. The number of benzene rings is 2. The molecule has 0 saturated heterocycles. The maximum absolute atomic E-state index is 13.7. The van der Waals surface area contributed by atoms with Crippen molar-refractivity contribution in [1.29, 1.82) is 0 Å². The van der Waals surface area contributed by atoms with Crippen molar-refractivity contribution in [3.63, 3.8) is 0 Å². The van der Waals surface area contributed by atoms with E-state index < -0.39 is 11.9 Å². The van der Waals surface area contributed by atoms with Crippen LogP contribution in [0.1, 0.15) is 36.1 Å². The minimum Gasteiger partial charge on any atom is -0.384 e. The molecule has 1 unspecified atom stereocenters. The zero-order valence-corrected chi connectivity index (χ0v) is 11.5. The molecule has 0 aliphatic rings. The zero-order chi connectivity index (χ0) is 13.8. The lowest BCUT2D eigenvalue weighted by Gasteiger charge is -2.14. The van der Waals surface area contributed by atoms with E-state index in [1.807, 2.05) is 18.2 Å². The Morgan fingerprint density at radius 3 is 2.74 bits per heavy atom. The first-order valence-electron chi connectivity index (χ1n) is 6.33. The molecule has 0 aliphatic heterocycles. The van der Waals surface area contributed by atoms with Gasteiger partial charge in [-0.3, -0.25) is 0 Å². The number of aryl methyl sites for hydroxylation is 1. The van der Waals surface area contributed by atoms with Crippen molar-refractivity contribution in [3.8, 4) is 0 Å². The highest BCUT2D eigenvalue weighted by Gasteiger charge is 2.15. The number of rotatable bonds is 4. The summed E-state index contributed by atoms with van der Waals surface area (Å²) in [5.41, 5.74) is 2.04. The van der Waals surface area contributed by atoms with E-state index in [2.05, 4.69) is 6.92 Å². The lowest BCUT2D eigenvalue weighted by molar-refractivity contribution is 0.215. The number of aliphatic hydroxyl groups is 1. The summed E-state index contributed by atoms with van der Waals surface area (Å²) in [5.74, 6) is -0.446. The van der Waals surface area contributed by atoms with Gasteiger partial charge in [0.05, 0.1) is 0 Å². The van der Waals surface area contributed by atoms with Crippen molar-refractivity contribution in [1.82, 2.24) is 0 Å². The Bertz CT molecular complexity index is 568. The van der Waals surface area contributed by atoms with Crippen LogP contribution in [0.15, 0.2) is 42.5 Å². The summed E-state index contributed by atoms with van der Waals surface area (Å²) >= 11 is 5.85. The maximum atomic E-state index is 13.7. The van der Waals surface area contributed by atoms with Gasteiger partial charge >= 0.3 is 0 Å². The van der Waals surface area contributed by atoms with Crippen molar-refractivity contribution in [2.75, 3.05) is 0 Å². The van der Waals surface area contributed by atoms with Gasteiger partial charge in [0, 0.05) is 10.6 Å². The lowest BCUT2D eigenvalue weighted by Crippen LogP contribution is -2.03. The van der Waals surface area contributed by atoms with Crippen LogP contribution < -0.4 is 0 Å². The molecule has 1 N–H and O–H groups in total. The van der Waals surface area contributed by atoms with E-state index in [0.717, 1.165) is 18.4 Å². The lowest BCUT2D eigenvalue weighted by atomic mass is 9.98. The summed E-state index contributed by atoms with van der Waals surface area (Å²) in [6, 6.07) is 11.8. The molecule has 0 aliphatic carbocycles. The summed E-state index contributed by atoms with van der Waals surface area (Å²) in [6.45, 7) is 2.10. The highest BCUT2D eigenvalue weighted by molar-refractivity contribution is 6.30. The fourth-order valence-electron chi connectivity index (χ4n) is 2.11. The molecule has 0 saturated carbocycles. The average Bonchev–Trinajstić information content (AvgIpc) is 2.41. The first-order chi connectivity index (χ1) is 9.11. The molecular weight excluding hydrogens is 263 g/mol. The van der Waals surface area contributed by atoms with Crippen molar-refractivity contribution in [2.45, 2.75) is 25.9 Å². The molecule has 0 radical (unpaired) electrons. The standard InChI is InChI=1S/C16H16ClFO/c1-2-4-11-5-3-6-12(9-11)16(19)14-10-13(17)7-8-15(14)18/h3,5-10,16,19H,2,4H2,1H3. The summed E-state index contributed by atoms with van der Waals surface area (Å²) in [7, 11) is 0. The average molecular weight is 279 g/mol. The molecular formula is C16H16ClFO. The molecule has 0 heterocycles. The van der Waals surface area contributed by atoms with Crippen LogP contribution in [0.4, 0.5) is 4.39 Å². The molecule has 0 aromatic heterocycles. The number of hydrogen-bond acceptors (Lipinski definition) is 1. The van der Waals surface area contributed by atoms with Crippen LogP contribution in [0, 0.1) is 5.82 Å². The molecule has 0 amide bonds. The number of halogens is 2. The van der Waals surface area contributed by atoms with Gasteiger partial charge in [-0.25, -0.2) is 4.39 Å². The Kier molecular flexibility index (Phi) is 4.56. The fraction of sp³-hybridized carbons (Fsp3) is 0.250. The highest BCUT2D eigenvalue weighted by Crippen LogP contribution is 2.27. The SMILES string of the molecule is CCCc1cccc(C(O)c2cc(Cl)ccc2F)c1. The Morgan fingerprint density at radius 1 is 1.21 bits per heavy atom. The van der Waals surface area contributed by atoms with Gasteiger partial charge < -0.3 is 5.11 Å². The second kappa shape index (κ2) is 6.18. The van der Waals surface area contributed by atoms with Crippen LogP contribution in [0.2, 0.25) is 5.02 Å². The Balaban J connectivity index is 2.35. The van der Waals surface area contributed by atoms with Crippen LogP contribution in [0.3, 0.4) is 0 Å². The zero-order valence-electron chi connectivity index (χ0n) is 10.7. The molecule has 1 atom stereocenters. The van der Waals surface area contributed by atoms with Crippen LogP contribution in [0.5, 0.6) is 0 Å². The molecule has 100 valence electrons. The molecule has 0 fully saturated rings. The molecule has 19 heavy (non-hydrogen) atoms. The van der Waals surface area contributed by atoms with E-state index in [-0.39, 0.29) is 5.56 Å². The van der Waals surface area contributed by atoms with E-state index in [1.54, 1.807) is 6.07 Å². The number of hydrogen-bond donors (Lipinski definition) is 1. The fourth-order valence-corrected chi connectivity index (χ4v) is 2.29. The molecule has 3 heteroatoms. The van der Waals surface area contributed by atoms with Gasteiger partial charge in [-0.05, 0) is 35.7 Å². The van der Waals surface area contributed by atoms with Gasteiger partial charge in [0.1, 0.15) is 11.9 Å². The van der Waals surface area contributed by atoms with Crippen LogP contribution in [-0.4, -0.2) is 5.11 Å². The summed E-state index contributed by atoms with van der Waals surface area (Å²) in [5, 5.41) is 10.7. The second-order valence-corrected chi connectivity index (χ2v) is 5.00. The summed E-state index contributed by atoms with van der Waals surface area (Å²) in [4.78, 5) is 0. The Hall–Kier alpha value is -1.38. The maximum Gasteiger partial charge on any atom is 0.129 e. The van der Waals surface area contributed by atoms with Gasteiger partial charge in [-0.1, -0.05) is 49.2 Å². The van der Waals surface area contributed by atoms with Gasteiger partial charge in [0.2, 0.25) is 0 Å². The van der Waals surface area contributed by atoms with Gasteiger partial charge in [-0.15, -0.1) is 0 Å². The van der Waals surface area contributed by atoms with Crippen molar-refractivity contribution in [3.05, 3.63) is 70.0 Å². The molecule has 1 nitrogen and oxygen atoms in total. The largest absolute Gasteiger partial charge is 0.384 e. The molecule has 2 aromatic carbocycles. The van der Waals surface area contributed by atoms with E-state index in [0.29, 0.717) is 10.6 Å². The van der Waals surface area contributed by atoms with Crippen molar-refractivity contribution in [2.24, 2.45) is 0 Å². The normalized spacial score (nSPS) is 12.4. The van der Waals surface area contributed by atoms with Crippen molar-refractivity contribution >= 4 is 11.6 Å². The third kappa shape index (κ3) is 3.34. The van der Waals surface area contributed by atoms with E-state index in [4.69, 9.17) is 11.6 Å². The third-order valence-corrected chi connectivity index (χ3v) is 3.29. The first-order valence-corrected chi connectivity index (χ1v) is 6.71. The summed E-state index contributed by atoms with van der Waals surface area (Å²) < 4.78 is 13.7. The van der Waals surface area contributed by atoms with Gasteiger partial charge in [-0.2, -0.15) is 0 Å². The second-order valence-electron chi connectivity index (χ2n) is 4.56.